The average Bonchev–Trinajstić information content (AvgIpc) is 3.73. The first-order valence-corrected chi connectivity index (χ1v) is 16.0. The van der Waals surface area contributed by atoms with Crippen LogP contribution in [-0.2, 0) is 32.2 Å². The van der Waals surface area contributed by atoms with Crippen LogP contribution < -0.4 is 21.9 Å². The van der Waals surface area contributed by atoms with E-state index in [1.54, 1.807) is 0 Å². The number of anilines is 2. The number of hydrogen-bond acceptors (Lipinski definition) is 19. The molecule has 6 rings (SSSR count). The smallest absolute Gasteiger partial charge is 0.469 e. The van der Waals surface area contributed by atoms with Gasteiger partial charge in [0.15, 0.2) is 35.1 Å². The quantitative estimate of drug-likeness (QED) is 0.0734. The van der Waals surface area contributed by atoms with Crippen LogP contribution in [0.4, 0.5) is 11.8 Å². The Morgan fingerprint density at radius 1 is 0.891 bits per heavy atom. The average molecular weight is 691 g/mol. The highest BCUT2D eigenvalue weighted by Crippen LogP contribution is 2.48. The minimum atomic E-state index is -5.44. The first kappa shape index (κ1) is 32.5. The van der Waals surface area contributed by atoms with Crippen molar-refractivity contribution in [3.8, 4) is 0 Å². The molecule has 9 unspecified atom stereocenters. The molecule has 6 heterocycles. The molecule has 2 fully saturated rings. The first-order chi connectivity index (χ1) is 21.6. The highest BCUT2D eigenvalue weighted by atomic mass is 31.2. The molecule has 0 radical (unpaired) electrons. The van der Waals surface area contributed by atoms with Crippen molar-refractivity contribution < 1.29 is 62.2 Å². The first-order valence-electron chi connectivity index (χ1n) is 13.0. The standard InChI is InChI=1S/C20H26N10O14P2/c21-14-8-15(24-3-23-14)29(4-25-8)19-13(11(32)7(43-19)1-40-45(35,36)37)44-46(38,39)41-2-6-10(31)12(33)18(42-6)30-5-26-9-16(30)27-20(22)28-17(9)34/h3-7,10-13,18-19,31-33H,1-2H2,(H,38,39)(H2,21,23,24)(H2,35,36,37)(H3,22,27,28,34)/p-1. The monoisotopic (exact) mass is 691 g/mol. The van der Waals surface area contributed by atoms with Crippen LogP contribution in [-0.4, -0.2) is 114 Å². The summed E-state index contributed by atoms with van der Waals surface area (Å²) in [7, 11) is -10.5. The Balaban J connectivity index is 1.20. The van der Waals surface area contributed by atoms with Gasteiger partial charge >= 0.3 is 7.82 Å². The highest BCUT2D eigenvalue weighted by Gasteiger charge is 2.49. The third-order valence-corrected chi connectivity index (χ3v) is 8.54. The number of nitrogens with one attached hydrogen (secondary N) is 1. The van der Waals surface area contributed by atoms with Gasteiger partial charge in [0.2, 0.25) is 5.95 Å². The molecule has 2 aliphatic rings. The number of aromatic amines is 1. The van der Waals surface area contributed by atoms with E-state index in [1.807, 2.05) is 0 Å². The summed E-state index contributed by atoms with van der Waals surface area (Å²) in [6, 6.07) is 0. The zero-order valence-electron chi connectivity index (χ0n) is 22.9. The number of phosphoric ester groups is 2. The lowest BCUT2D eigenvalue weighted by atomic mass is 10.1. The molecule has 0 bridgehead atoms. The van der Waals surface area contributed by atoms with E-state index in [2.05, 4.69) is 34.4 Å². The van der Waals surface area contributed by atoms with Gasteiger partial charge in [0.1, 0.15) is 48.5 Å². The van der Waals surface area contributed by atoms with Gasteiger partial charge in [-0.1, -0.05) is 0 Å². The van der Waals surface area contributed by atoms with Crippen LogP contribution in [0.1, 0.15) is 12.5 Å². The lowest BCUT2D eigenvalue weighted by Crippen LogP contribution is -2.37. The van der Waals surface area contributed by atoms with Crippen molar-refractivity contribution in [1.29, 1.82) is 0 Å². The van der Waals surface area contributed by atoms with Crippen LogP contribution >= 0.6 is 15.6 Å². The number of imidazole rings is 2. The van der Waals surface area contributed by atoms with Crippen molar-refractivity contribution in [2.24, 2.45) is 0 Å². The van der Waals surface area contributed by atoms with E-state index in [4.69, 9.17) is 39.8 Å². The fourth-order valence-corrected chi connectivity index (χ4v) is 6.25. The Bertz CT molecular complexity index is 1910. The molecule has 26 heteroatoms. The maximum absolute atomic E-state index is 13.0. The molecule has 2 aliphatic heterocycles. The van der Waals surface area contributed by atoms with Crippen LogP contribution in [0.5, 0.6) is 0 Å². The van der Waals surface area contributed by atoms with Gasteiger partial charge in [-0.15, -0.1) is 0 Å². The van der Waals surface area contributed by atoms with Crippen molar-refractivity contribution in [2.45, 2.75) is 49.1 Å². The van der Waals surface area contributed by atoms with Crippen molar-refractivity contribution in [2.75, 3.05) is 24.7 Å². The molecule has 10 N–H and O–H groups in total. The number of aliphatic hydroxyl groups excluding tert-OH is 3. The normalized spacial score (nSPS) is 30.0. The van der Waals surface area contributed by atoms with Crippen LogP contribution in [0.25, 0.3) is 22.3 Å². The molecule has 2 saturated heterocycles. The minimum absolute atomic E-state index is 0.0317. The Hall–Kier alpha value is -3.48. The number of ether oxygens (including phenoxy) is 2. The maximum atomic E-state index is 13.0. The summed E-state index contributed by atoms with van der Waals surface area (Å²) in [5.41, 5.74) is 10.6. The molecule has 250 valence electrons. The molecule has 46 heavy (non-hydrogen) atoms. The molecular formula is C20H25N10O14P2-. The molecule has 0 saturated carbocycles. The number of aromatic nitrogens is 8. The lowest BCUT2D eigenvalue weighted by molar-refractivity contribution is -0.237. The molecule has 24 nitrogen and oxygen atoms in total. The van der Waals surface area contributed by atoms with E-state index in [0.717, 1.165) is 28.1 Å². The summed E-state index contributed by atoms with van der Waals surface area (Å²) in [6.07, 6.45) is -9.74. The molecule has 0 aliphatic carbocycles. The van der Waals surface area contributed by atoms with Crippen molar-refractivity contribution >= 4 is 49.7 Å². The van der Waals surface area contributed by atoms with Crippen LogP contribution in [0.2, 0.25) is 0 Å². The number of fused-ring (bicyclic) bond motifs is 2. The summed E-state index contributed by atoms with van der Waals surface area (Å²) in [4.78, 5) is 65.3. The predicted molar refractivity (Wildman–Crippen MR) is 145 cm³/mol. The second kappa shape index (κ2) is 12.0. The zero-order valence-corrected chi connectivity index (χ0v) is 24.6. The van der Waals surface area contributed by atoms with Crippen LogP contribution in [0.15, 0.2) is 23.8 Å². The molecule has 0 aromatic carbocycles. The SMILES string of the molecule is Nc1nc2c(ncn2C2OC(COP(=O)([O-])OC3C(O)C(COP(=O)(O)O)OC3n3cnc4c(N)ncnc43)C(O)C2O)c(=O)[nH]1. The van der Waals surface area contributed by atoms with E-state index >= 15 is 0 Å². The molecule has 0 amide bonds. The summed E-state index contributed by atoms with van der Waals surface area (Å²) >= 11 is 0. The fraction of sp³-hybridized carbons (Fsp3) is 0.500. The number of nitrogens with zero attached hydrogens (tertiary/aromatic N) is 7. The van der Waals surface area contributed by atoms with Crippen molar-refractivity contribution in [1.82, 2.24) is 39.0 Å². The second-order valence-corrected chi connectivity index (χ2v) is 12.7. The van der Waals surface area contributed by atoms with Crippen LogP contribution in [0, 0.1) is 0 Å². The molecule has 4 aromatic heterocycles. The molecular weight excluding hydrogens is 666 g/mol. The van der Waals surface area contributed by atoms with E-state index in [0.29, 0.717) is 0 Å². The Morgan fingerprint density at radius 3 is 2.24 bits per heavy atom. The third-order valence-electron chi connectivity index (χ3n) is 7.09. The van der Waals surface area contributed by atoms with Crippen molar-refractivity contribution in [3.05, 3.63) is 29.3 Å². The number of nitrogens with two attached hydrogens (primary N) is 2. The minimum Gasteiger partial charge on any atom is -0.756 e. The van der Waals surface area contributed by atoms with Crippen LogP contribution in [0.3, 0.4) is 0 Å². The van der Waals surface area contributed by atoms with Gasteiger partial charge in [-0.25, -0.2) is 24.5 Å². The zero-order chi connectivity index (χ0) is 33.1. The Kier molecular flexibility index (Phi) is 8.43. The van der Waals surface area contributed by atoms with E-state index in [1.165, 1.54) is 0 Å². The van der Waals surface area contributed by atoms with Gasteiger partial charge in [-0.05, 0) is 0 Å². The van der Waals surface area contributed by atoms with E-state index in [-0.39, 0.29) is 34.1 Å². The summed E-state index contributed by atoms with van der Waals surface area (Å²) in [5, 5.41) is 32.1. The molecule has 0 spiro atoms. The highest BCUT2D eigenvalue weighted by molar-refractivity contribution is 7.46. The summed E-state index contributed by atoms with van der Waals surface area (Å²) < 4.78 is 52.3. The van der Waals surface area contributed by atoms with E-state index in [9.17, 15) is 34.1 Å². The number of phosphoric acid groups is 2. The van der Waals surface area contributed by atoms with Gasteiger partial charge < -0.3 is 60.0 Å². The van der Waals surface area contributed by atoms with E-state index < -0.39 is 83.5 Å². The Labute approximate surface area is 254 Å². The van der Waals surface area contributed by atoms with Gasteiger partial charge in [-0.2, -0.15) is 4.98 Å². The fourth-order valence-electron chi connectivity index (χ4n) is 4.99. The van der Waals surface area contributed by atoms with Gasteiger partial charge in [0.05, 0.1) is 25.9 Å². The number of hydrogen-bond donors (Lipinski definition) is 8. The number of rotatable bonds is 10. The lowest BCUT2D eigenvalue weighted by Gasteiger charge is -2.30. The second-order valence-electron chi connectivity index (χ2n) is 10.1. The number of H-pyrrole nitrogens is 1. The van der Waals surface area contributed by atoms with Gasteiger partial charge in [-0.3, -0.25) is 28.0 Å². The topological polar surface area (TPSA) is 364 Å². The number of nitrogen functional groups attached to an aromatic ring is 2. The van der Waals surface area contributed by atoms with Gasteiger partial charge in [0, 0.05) is 0 Å². The van der Waals surface area contributed by atoms with Crippen molar-refractivity contribution in [3.63, 3.8) is 0 Å². The largest absolute Gasteiger partial charge is 0.756 e. The third kappa shape index (κ3) is 6.14. The number of aliphatic hydroxyl groups is 3. The van der Waals surface area contributed by atoms with Gasteiger partial charge in [0.25, 0.3) is 13.4 Å². The predicted octanol–water partition coefficient (Wildman–Crippen LogP) is -4.02. The summed E-state index contributed by atoms with van der Waals surface area (Å²) in [6.45, 7) is -1.79. The molecule has 4 aromatic rings. The Morgan fingerprint density at radius 2 is 1.52 bits per heavy atom. The molecule has 9 atom stereocenters. The summed E-state index contributed by atoms with van der Waals surface area (Å²) in [5.74, 6) is -0.299. The maximum Gasteiger partial charge on any atom is 0.469 e.